The number of amides is 2. The van der Waals surface area contributed by atoms with Crippen molar-refractivity contribution < 1.29 is 14.6 Å². The normalized spacial score (nSPS) is 11.6. The van der Waals surface area contributed by atoms with Gasteiger partial charge in [-0.05, 0) is 31.0 Å². The average molecular weight is 328 g/mol. The van der Waals surface area contributed by atoms with E-state index in [2.05, 4.69) is 10.6 Å². The number of aliphatic hydroxyl groups is 1. The molecule has 0 bridgehead atoms. The van der Waals surface area contributed by atoms with Crippen LogP contribution >= 0.6 is 0 Å². The van der Waals surface area contributed by atoms with E-state index in [1.165, 1.54) is 5.56 Å². The summed E-state index contributed by atoms with van der Waals surface area (Å²) in [6.07, 6.45) is 0.470. The Morgan fingerprint density at radius 2 is 1.83 bits per heavy atom. The SMILES string of the molecule is Cc1ccc(OCCNC(=O)N[C@H](CCO)c2ccccc2)cc1. The van der Waals surface area contributed by atoms with Crippen molar-refractivity contribution in [2.24, 2.45) is 0 Å². The minimum absolute atomic E-state index is 0.0103. The summed E-state index contributed by atoms with van der Waals surface area (Å²) in [5, 5.41) is 14.8. The standard InChI is InChI=1S/C19H24N2O3/c1-15-7-9-17(10-8-15)24-14-12-20-19(23)21-18(11-13-22)16-5-3-2-4-6-16/h2-10,18,22H,11-14H2,1H3,(H2,20,21,23)/t18-/m1/s1. The van der Waals surface area contributed by atoms with Gasteiger partial charge in [0, 0.05) is 6.61 Å². The highest BCUT2D eigenvalue weighted by molar-refractivity contribution is 5.74. The highest BCUT2D eigenvalue weighted by Gasteiger charge is 2.13. The number of hydrogen-bond donors (Lipinski definition) is 3. The van der Waals surface area contributed by atoms with Crippen molar-refractivity contribution in [1.29, 1.82) is 0 Å². The van der Waals surface area contributed by atoms with Gasteiger partial charge in [0.15, 0.2) is 0 Å². The van der Waals surface area contributed by atoms with Gasteiger partial charge in [0.05, 0.1) is 12.6 Å². The van der Waals surface area contributed by atoms with Crippen LogP contribution in [0.3, 0.4) is 0 Å². The van der Waals surface area contributed by atoms with Gasteiger partial charge in [-0.1, -0.05) is 48.0 Å². The lowest BCUT2D eigenvalue weighted by molar-refractivity contribution is 0.225. The molecule has 2 amide bonds. The molecule has 5 nitrogen and oxygen atoms in total. The molecular formula is C19H24N2O3. The van der Waals surface area contributed by atoms with Crippen molar-refractivity contribution in [3.63, 3.8) is 0 Å². The summed E-state index contributed by atoms with van der Waals surface area (Å²) in [7, 11) is 0. The van der Waals surface area contributed by atoms with Crippen LogP contribution in [0, 0.1) is 6.92 Å². The summed E-state index contributed by atoms with van der Waals surface area (Å²) in [6.45, 7) is 2.83. The van der Waals surface area contributed by atoms with E-state index in [-0.39, 0.29) is 18.7 Å². The summed E-state index contributed by atoms with van der Waals surface area (Å²) in [5.41, 5.74) is 2.15. The smallest absolute Gasteiger partial charge is 0.315 e. The van der Waals surface area contributed by atoms with E-state index in [1.807, 2.05) is 61.5 Å². The molecule has 0 saturated heterocycles. The Morgan fingerprint density at radius 1 is 1.12 bits per heavy atom. The highest BCUT2D eigenvalue weighted by atomic mass is 16.5. The number of ether oxygens (including phenoxy) is 1. The van der Waals surface area contributed by atoms with Crippen LogP contribution in [0.1, 0.15) is 23.6 Å². The highest BCUT2D eigenvalue weighted by Crippen LogP contribution is 2.15. The summed E-state index contributed by atoms with van der Waals surface area (Å²) in [4.78, 5) is 12.0. The monoisotopic (exact) mass is 328 g/mol. The first-order valence-electron chi connectivity index (χ1n) is 8.08. The van der Waals surface area contributed by atoms with E-state index in [0.717, 1.165) is 11.3 Å². The summed E-state index contributed by atoms with van der Waals surface area (Å²) < 4.78 is 5.57. The molecule has 2 aromatic rings. The minimum Gasteiger partial charge on any atom is -0.492 e. The third-order valence-corrected chi connectivity index (χ3v) is 3.60. The zero-order valence-electron chi connectivity index (χ0n) is 13.9. The second kappa shape index (κ2) is 9.57. The van der Waals surface area contributed by atoms with Gasteiger partial charge in [-0.2, -0.15) is 0 Å². The molecule has 0 saturated carbocycles. The maximum Gasteiger partial charge on any atom is 0.315 e. The predicted octanol–water partition coefficient (Wildman–Crippen LogP) is 2.80. The van der Waals surface area contributed by atoms with Gasteiger partial charge in [-0.3, -0.25) is 0 Å². The summed E-state index contributed by atoms with van der Waals surface area (Å²) >= 11 is 0. The first-order valence-corrected chi connectivity index (χ1v) is 8.08. The molecular weight excluding hydrogens is 304 g/mol. The zero-order chi connectivity index (χ0) is 17.2. The Balaban J connectivity index is 1.74. The van der Waals surface area contributed by atoms with Gasteiger partial charge >= 0.3 is 6.03 Å². The lowest BCUT2D eigenvalue weighted by atomic mass is 10.0. The van der Waals surface area contributed by atoms with E-state index < -0.39 is 0 Å². The van der Waals surface area contributed by atoms with Crippen LogP contribution in [-0.4, -0.2) is 30.9 Å². The molecule has 0 spiro atoms. The molecule has 0 fully saturated rings. The van der Waals surface area contributed by atoms with Crippen molar-refractivity contribution in [2.75, 3.05) is 19.8 Å². The van der Waals surface area contributed by atoms with E-state index in [1.54, 1.807) is 0 Å². The molecule has 24 heavy (non-hydrogen) atoms. The maximum absolute atomic E-state index is 12.0. The second-order valence-electron chi connectivity index (χ2n) is 5.54. The summed E-state index contributed by atoms with van der Waals surface area (Å²) in [6, 6.07) is 16.9. The number of aryl methyl sites for hydroxylation is 1. The number of urea groups is 1. The maximum atomic E-state index is 12.0. The quantitative estimate of drug-likeness (QED) is 0.653. The molecule has 0 aliphatic carbocycles. The van der Waals surface area contributed by atoms with Crippen LogP contribution in [0.4, 0.5) is 4.79 Å². The number of carbonyl (C=O) groups excluding carboxylic acids is 1. The molecule has 0 heterocycles. The molecule has 0 aliphatic rings. The fourth-order valence-electron chi connectivity index (χ4n) is 2.31. The Hall–Kier alpha value is -2.53. The van der Waals surface area contributed by atoms with Crippen LogP contribution in [0.15, 0.2) is 54.6 Å². The molecule has 0 aromatic heterocycles. The van der Waals surface area contributed by atoms with Crippen molar-refractivity contribution in [3.05, 3.63) is 65.7 Å². The Kier molecular flexibility index (Phi) is 7.11. The fourth-order valence-corrected chi connectivity index (χ4v) is 2.31. The van der Waals surface area contributed by atoms with Crippen molar-refractivity contribution in [2.45, 2.75) is 19.4 Å². The third kappa shape index (κ3) is 5.93. The molecule has 128 valence electrons. The Bertz CT molecular complexity index is 614. The topological polar surface area (TPSA) is 70.6 Å². The number of benzene rings is 2. The zero-order valence-corrected chi connectivity index (χ0v) is 13.9. The third-order valence-electron chi connectivity index (χ3n) is 3.60. The van der Waals surface area contributed by atoms with E-state index >= 15 is 0 Å². The van der Waals surface area contributed by atoms with Crippen LogP contribution in [0.25, 0.3) is 0 Å². The number of nitrogens with one attached hydrogen (secondary N) is 2. The van der Waals surface area contributed by atoms with Gasteiger partial charge in [0.2, 0.25) is 0 Å². The van der Waals surface area contributed by atoms with Crippen LogP contribution in [0.5, 0.6) is 5.75 Å². The van der Waals surface area contributed by atoms with Crippen molar-refractivity contribution in [3.8, 4) is 5.75 Å². The predicted molar refractivity (Wildman–Crippen MR) is 94.1 cm³/mol. The van der Waals surface area contributed by atoms with Crippen LogP contribution in [-0.2, 0) is 0 Å². The van der Waals surface area contributed by atoms with Gasteiger partial charge in [0.25, 0.3) is 0 Å². The first-order chi connectivity index (χ1) is 11.7. The van der Waals surface area contributed by atoms with Gasteiger partial charge < -0.3 is 20.5 Å². The molecule has 0 aliphatic heterocycles. The molecule has 2 rings (SSSR count). The molecule has 5 heteroatoms. The first kappa shape index (κ1) is 17.8. The Labute approximate surface area is 142 Å². The molecule has 1 atom stereocenters. The van der Waals surface area contributed by atoms with Gasteiger partial charge in [-0.25, -0.2) is 4.79 Å². The van der Waals surface area contributed by atoms with E-state index in [0.29, 0.717) is 19.6 Å². The van der Waals surface area contributed by atoms with Crippen molar-refractivity contribution >= 4 is 6.03 Å². The minimum atomic E-state index is -0.273. The molecule has 0 unspecified atom stereocenters. The molecule has 0 radical (unpaired) electrons. The number of rotatable bonds is 8. The second-order valence-corrected chi connectivity index (χ2v) is 5.54. The van der Waals surface area contributed by atoms with Gasteiger partial charge in [0.1, 0.15) is 12.4 Å². The van der Waals surface area contributed by atoms with Crippen molar-refractivity contribution in [1.82, 2.24) is 10.6 Å². The fraction of sp³-hybridized carbons (Fsp3) is 0.316. The van der Waals surface area contributed by atoms with Crippen LogP contribution < -0.4 is 15.4 Å². The number of hydrogen-bond acceptors (Lipinski definition) is 3. The lowest BCUT2D eigenvalue weighted by Crippen LogP contribution is -2.40. The summed E-state index contributed by atoms with van der Waals surface area (Å²) in [5.74, 6) is 0.783. The largest absolute Gasteiger partial charge is 0.492 e. The Morgan fingerprint density at radius 3 is 2.50 bits per heavy atom. The van der Waals surface area contributed by atoms with Gasteiger partial charge in [-0.15, -0.1) is 0 Å². The number of carbonyl (C=O) groups is 1. The van der Waals surface area contributed by atoms with E-state index in [9.17, 15) is 9.90 Å². The van der Waals surface area contributed by atoms with Crippen LogP contribution in [0.2, 0.25) is 0 Å². The lowest BCUT2D eigenvalue weighted by Gasteiger charge is -2.18. The molecule has 3 N–H and O–H groups in total. The average Bonchev–Trinajstić information content (AvgIpc) is 2.61. The number of aliphatic hydroxyl groups excluding tert-OH is 1. The van der Waals surface area contributed by atoms with E-state index in [4.69, 9.17) is 4.74 Å². The molecule has 2 aromatic carbocycles.